The Labute approximate surface area is 213 Å². The molecule has 0 radical (unpaired) electrons. The quantitative estimate of drug-likeness (QED) is 0.327. The molecule has 5 rings (SSSR count). The summed E-state index contributed by atoms with van der Waals surface area (Å²) in [6.45, 7) is 4.31. The van der Waals surface area contributed by atoms with Crippen LogP contribution in [-0.2, 0) is 12.2 Å². The zero-order chi connectivity index (χ0) is 25.4. The maximum Gasteiger partial charge on any atom is 0.178 e. The lowest BCUT2D eigenvalue weighted by Gasteiger charge is -2.38. The van der Waals surface area contributed by atoms with Gasteiger partial charge >= 0.3 is 0 Å². The predicted molar refractivity (Wildman–Crippen MR) is 148 cm³/mol. The van der Waals surface area contributed by atoms with E-state index in [0.29, 0.717) is 5.75 Å². The Bertz CT molecular complexity index is 1420. The third-order valence-electron chi connectivity index (χ3n) is 7.13. The van der Waals surface area contributed by atoms with Gasteiger partial charge in [-0.05, 0) is 58.8 Å². The molecule has 4 nitrogen and oxygen atoms in total. The summed E-state index contributed by atoms with van der Waals surface area (Å²) in [5.74, 6) is 1.80. The van der Waals surface area contributed by atoms with Crippen LogP contribution in [0.4, 0.5) is 5.69 Å². The SMILES string of the molecule is COc1cc(CO)c2cc(C(C)C)c3c(c2c1)OC(c1ccccc1)(c1ccc(N(C)C)cc1)C=C3. The molecule has 0 amide bonds. The van der Waals surface area contributed by atoms with Crippen molar-refractivity contribution in [2.24, 2.45) is 0 Å². The largest absolute Gasteiger partial charge is 0.497 e. The number of ether oxygens (including phenoxy) is 2. The number of benzene rings is 4. The van der Waals surface area contributed by atoms with Crippen molar-refractivity contribution in [3.63, 3.8) is 0 Å². The molecule has 0 saturated heterocycles. The summed E-state index contributed by atoms with van der Waals surface area (Å²) >= 11 is 0. The Kier molecular flexibility index (Phi) is 6.23. The molecule has 1 aliphatic heterocycles. The van der Waals surface area contributed by atoms with E-state index in [2.05, 4.69) is 73.4 Å². The third kappa shape index (κ3) is 3.92. The van der Waals surface area contributed by atoms with Gasteiger partial charge in [0.2, 0.25) is 0 Å². The molecule has 36 heavy (non-hydrogen) atoms. The fourth-order valence-electron chi connectivity index (χ4n) is 5.13. The van der Waals surface area contributed by atoms with Gasteiger partial charge < -0.3 is 19.5 Å². The second-order valence-corrected chi connectivity index (χ2v) is 9.88. The van der Waals surface area contributed by atoms with E-state index in [-0.39, 0.29) is 12.5 Å². The summed E-state index contributed by atoms with van der Waals surface area (Å²) < 4.78 is 12.8. The highest BCUT2D eigenvalue weighted by molar-refractivity contribution is 5.97. The van der Waals surface area contributed by atoms with Crippen LogP contribution in [0, 0.1) is 0 Å². The maximum atomic E-state index is 10.2. The van der Waals surface area contributed by atoms with E-state index >= 15 is 0 Å². The van der Waals surface area contributed by atoms with Gasteiger partial charge in [-0.25, -0.2) is 0 Å². The van der Waals surface area contributed by atoms with Crippen LogP contribution in [0.25, 0.3) is 16.8 Å². The smallest absolute Gasteiger partial charge is 0.178 e. The van der Waals surface area contributed by atoms with E-state index in [9.17, 15) is 5.11 Å². The van der Waals surface area contributed by atoms with Crippen molar-refractivity contribution in [2.75, 3.05) is 26.1 Å². The van der Waals surface area contributed by atoms with E-state index < -0.39 is 5.60 Å². The molecule has 1 aliphatic rings. The van der Waals surface area contributed by atoms with Gasteiger partial charge in [0.1, 0.15) is 11.5 Å². The number of hydrogen-bond donors (Lipinski definition) is 1. The maximum absolute atomic E-state index is 10.2. The first kappa shape index (κ1) is 24.0. The Morgan fingerprint density at radius 2 is 1.61 bits per heavy atom. The average molecular weight is 480 g/mol. The number of aliphatic hydroxyl groups is 1. The van der Waals surface area contributed by atoms with Crippen molar-refractivity contribution in [3.8, 4) is 11.5 Å². The van der Waals surface area contributed by atoms with Gasteiger partial charge in [0.15, 0.2) is 5.60 Å². The van der Waals surface area contributed by atoms with Crippen LogP contribution in [0.5, 0.6) is 11.5 Å². The monoisotopic (exact) mass is 479 g/mol. The van der Waals surface area contributed by atoms with Crippen molar-refractivity contribution < 1.29 is 14.6 Å². The molecule has 0 spiro atoms. The first-order valence-corrected chi connectivity index (χ1v) is 12.4. The van der Waals surface area contributed by atoms with Crippen LogP contribution in [0.3, 0.4) is 0 Å². The number of nitrogens with zero attached hydrogens (tertiary/aromatic N) is 1. The normalized spacial score (nSPS) is 16.6. The highest BCUT2D eigenvalue weighted by Gasteiger charge is 2.38. The Morgan fingerprint density at radius 3 is 2.22 bits per heavy atom. The van der Waals surface area contributed by atoms with Crippen LogP contribution < -0.4 is 14.4 Å². The second-order valence-electron chi connectivity index (χ2n) is 9.88. The molecule has 184 valence electrons. The summed E-state index contributed by atoms with van der Waals surface area (Å²) in [5.41, 5.74) is 5.53. The number of rotatable bonds is 6. The van der Waals surface area contributed by atoms with E-state index in [1.165, 1.54) is 5.56 Å². The van der Waals surface area contributed by atoms with Gasteiger partial charge in [-0.15, -0.1) is 0 Å². The van der Waals surface area contributed by atoms with Gasteiger partial charge in [-0.3, -0.25) is 0 Å². The summed E-state index contributed by atoms with van der Waals surface area (Å²) in [5, 5.41) is 12.1. The number of hydrogen-bond acceptors (Lipinski definition) is 4. The van der Waals surface area contributed by atoms with Crippen LogP contribution in [0.1, 0.15) is 47.6 Å². The summed E-state index contributed by atoms with van der Waals surface area (Å²) in [6.07, 6.45) is 4.39. The molecule has 0 bridgehead atoms. The Morgan fingerprint density at radius 1 is 0.917 bits per heavy atom. The predicted octanol–water partition coefficient (Wildman–Crippen LogP) is 6.88. The molecule has 4 aromatic carbocycles. The first-order valence-electron chi connectivity index (χ1n) is 12.4. The average Bonchev–Trinajstić information content (AvgIpc) is 2.92. The minimum atomic E-state index is -0.801. The molecule has 1 atom stereocenters. The molecule has 1 heterocycles. The number of anilines is 1. The fraction of sp³-hybridized carbons (Fsp3) is 0.250. The second kappa shape index (κ2) is 9.36. The first-order chi connectivity index (χ1) is 17.4. The van der Waals surface area contributed by atoms with Gasteiger partial charge in [0, 0.05) is 41.9 Å². The Hall–Kier alpha value is -3.76. The van der Waals surface area contributed by atoms with Crippen molar-refractivity contribution in [1.29, 1.82) is 0 Å². The molecule has 0 aromatic heterocycles. The minimum Gasteiger partial charge on any atom is -0.497 e. The van der Waals surface area contributed by atoms with Crippen molar-refractivity contribution in [2.45, 2.75) is 32.0 Å². The zero-order valence-corrected chi connectivity index (χ0v) is 21.6. The lowest BCUT2D eigenvalue weighted by Crippen LogP contribution is -2.34. The van der Waals surface area contributed by atoms with E-state index in [4.69, 9.17) is 9.47 Å². The molecular weight excluding hydrogens is 446 g/mol. The van der Waals surface area contributed by atoms with E-state index in [1.54, 1.807) is 7.11 Å². The van der Waals surface area contributed by atoms with Gasteiger partial charge in [-0.2, -0.15) is 0 Å². The van der Waals surface area contributed by atoms with Crippen LogP contribution >= 0.6 is 0 Å². The molecule has 0 fully saturated rings. The van der Waals surface area contributed by atoms with Crippen LogP contribution in [0.2, 0.25) is 0 Å². The highest BCUT2D eigenvalue weighted by Crippen LogP contribution is 2.48. The lowest BCUT2D eigenvalue weighted by atomic mass is 9.81. The number of fused-ring (bicyclic) bond motifs is 3. The highest BCUT2D eigenvalue weighted by atomic mass is 16.5. The van der Waals surface area contributed by atoms with Gasteiger partial charge in [0.05, 0.1) is 13.7 Å². The standard InChI is InChI=1S/C32H33NO3/c1-21(2)28-19-29-22(20-34)17-26(35-5)18-30(29)31-27(28)15-16-32(36-31,23-9-7-6-8-10-23)24-11-13-25(14-12-24)33(3)4/h6-19,21,34H,20H2,1-5H3. The van der Waals surface area contributed by atoms with Crippen molar-refractivity contribution in [1.82, 2.24) is 0 Å². The van der Waals surface area contributed by atoms with E-state index in [0.717, 1.165) is 44.5 Å². The molecular formula is C32H33NO3. The van der Waals surface area contributed by atoms with E-state index in [1.807, 2.05) is 44.4 Å². The minimum absolute atomic E-state index is 0.0737. The van der Waals surface area contributed by atoms with Crippen molar-refractivity contribution >= 4 is 22.5 Å². The number of methoxy groups -OCH3 is 1. The lowest BCUT2D eigenvalue weighted by molar-refractivity contribution is 0.163. The molecule has 1 N–H and O–H groups in total. The van der Waals surface area contributed by atoms with Crippen LogP contribution in [-0.4, -0.2) is 26.3 Å². The van der Waals surface area contributed by atoms with Gasteiger partial charge in [-0.1, -0.05) is 62.4 Å². The van der Waals surface area contributed by atoms with Crippen molar-refractivity contribution in [3.05, 3.63) is 107 Å². The summed E-state index contributed by atoms with van der Waals surface area (Å²) in [6, 6.07) is 25.0. The Balaban J connectivity index is 1.81. The molecule has 0 aliphatic carbocycles. The summed E-state index contributed by atoms with van der Waals surface area (Å²) in [4.78, 5) is 2.09. The molecule has 0 saturated carbocycles. The fourth-order valence-corrected chi connectivity index (χ4v) is 5.13. The zero-order valence-electron chi connectivity index (χ0n) is 21.6. The molecule has 1 unspecified atom stereocenters. The summed E-state index contributed by atoms with van der Waals surface area (Å²) in [7, 11) is 5.74. The number of aliphatic hydroxyl groups excluding tert-OH is 1. The van der Waals surface area contributed by atoms with Crippen LogP contribution in [0.15, 0.2) is 78.9 Å². The third-order valence-corrected chi connectivity index (χ3v) is 7.13. The topological polar surface area (TPSA) is 41.9 Å². The van der Waals surface area contributed by atoms with Gasteiger partial charge in [0.25, 0.3) is 0 Å². The molecule has 4 aromatic rings. The molecule has 4 heteroatoms.